The fourth-order valence-electron chi connectivity index (χ4n) is 2.85. The Hall–Kier alpha value is -0.830. The third-order valence-corrected chi connectivity index (χ3v) is 4.94. The molecular formula is C15H23NOS. The zero-order valence-electron chi connectivity index (χ0n) is 11.4. The summed E-state index contributed by atoms with van der Waals surface area (Å²) < 4.78 is 0. The van der Waals surface area contributed by atoms with Gasteiger partial charge in [0.25, 0.3) is 0 Å². The molecule has 0 unspecified atom stereocenters. The molecule has 0 bridgehead atoms. The summed E-state index contributed by atoms with van der Waals surface area (Å²) in [4.78, 5) is 13.3. The lowest BCUT2D eigenvalue weighted by Gasteiger charge is -2.28. The third-order valence-electron chi connectivity index (χ3n) is 3.82. The van der Waals surface area contributed by atoms with Crippen LogP contribution in [0.5, 0.6) is 0 Å². The van der Waals surface area contributed by atoms with Crippen LogP contribution in [0.15, 0.2) is 17.5 Å². The smallest absolute Gasteiger partial charge is 0.220 e. The van der Waals surface area contributed by atoms with Crippen molar-refractivity contribution < 1.29 is 4.79 Å². The number of carbonyl (C=O) groups is 1. The van der Waals surface area contributed by atoms with Crippen LogP contribution in [0.2, 0.25) is 0 Å². The molecule has 1 saturated carbocycles. The van der Waals surface area contributed by atoms with Gasteiger partial charge in [-0.05, 0) is 30.2 Å². The summed E-state index contributed by atoms with van der Waals surface area (Å²) in [5.41, 5.74) is 0.223. The molecule has 1 aliphatic carbocycles. The maximum absolute atomic E-state index is 11.8. The van der Waals surface area contributed by atoms with E-state index in [1.165, 1.54) is 30.6 Å². The van der Waals surface area contributed by atoms with Gasteiger partial charge in [0.15, 0.2) is 0 Å². The minimum absolute atomic E-state index is 0.202. The van der Waals surface area contributed by atoms with Crippen LogP contribution in [0, 0.1) is 5.92 Å². The second-order valence-corrected chi connectivity index (χ2v) is 6.79. The van der Waals surface area contributed by atoms with Crippen LogP contribution in [-0.4, -0.2) is 12.5 Å². The molecular weight excluding hydrogens is 242 g/mol. The van der Waals surface area contributed by atoms with Crippen LogP contribution < -0.4 is 5.32 Å². The number of thiophene rings is 1. The molecule has 1 aromatic heterocycles. The van der Waals surface area contributed by atoms with Crippen molar-refractivity contribution in [2.75, 3.05) is 6.54 Å². The molecule has 1 amide bonds. The average Bonchev–Trinajstić information content (AvgIpc) is 2.97. The Morgan fingerprint density at radius 2 is 2.17 bits per heavy atom. The normalized spacial score (nSPS) is 18.2. The molecule has 0 atom stereocenters. The Bertz CT molecular complexity index is 377. The van der Waals surface area contributed by atoms with E-state index in [-0.39, 0.29) is 11.3 Å². The fraction of sp³-hybridized carbons (Fsp3) is 0.667. The van der Waals surface area contributed by atoms with Gasteiger partial charge in [0, 0.05) is 23.3 Å². The van der Waals surface area contributed by atoms with Crippen LogP contribution in [0.3, 0.4) is 0 Å². The molecule has 0 spiro atoms. The van der Waals surface area contributed by atoms with Gasteiger partial charge in [0.2, 0.25) is 5.91 Å². The highest BCUT2D eigenvalue weighted by Crippen LogP contribution is 2.42. The minimum Gasteiger partial charge on any atom is -0.355 e. The van der Waals surface area contributed by atoms with Crippen molar-refractivity contribution in [3.63, 3.8) is 0 Å². The molecule has 1 N–H and O–H groups in total. The first kappa shape index (κ1) is 13.6. The van der Waals surface area contributed by atoms with E-state index in [1.807, 2.05) is 11.3 Å². The van der Waals surface area contributed by atoms with E-state index in [2.05, 4.69) is 36.7 Å². The van der Waals surface area contributed by atoms with Gasteiger partial charge in [-0.3, -0.25) is 4.79 Å². The van der Waals surface area contributed by atoms with Crippen LogP contribution in [-0.2, 0) is 10.2 Å². The third kappa shape index (κ3) is 3.14. The Kier molecular flexibility index (Phi) is 4.44. The van der Waals surface area contributed by atoms with E-state index >= 15 is 0 Å². The maximum Gasteiger partial charge on any atom is 0.220 e. The van der Waals surface area contributed by atoms with E-state index in [1.54, 1.807) is 0 Å². The summed E-state index contributed by atoms with van der Waals surface area (Å²) >= 11 is 1.83. The van der Waals surface area contributed by atoms with Crippen LogP contribution in [0.1, 0.15) is 50.8 Å². The summed E-state index contributed by atoms with van der Waals surface area (Å²) in [6.07, 6.45) is 5.65. The molecule has 0 aliphatic heterocycles. The van der Waals surface area contributed by atoms with Crippen molar-refractivity contribution in [1.29, 1.82) is 0 Å². The molecule has 1 aliphatic rings. The fourth-order valence-corrected chi connectivity index (χ4v) is 3.84. The van der Waals surface area contributed by atoms with E-state index < -0.39 is 0 Å². The summed E-state index contributed by atoms with van der Waals surface area (Å²) in [6.45, 7) is 4.99. The Balaban J connectivity index is 1.98. The summed E-state index contributed by atoms with van der Waals surface area (Å²) in [5, 5.41) is 5.30. The number of hydrogen-bond donors (Lipinski definition) is 1. The van der Waals surface area contributed by atoms with Crippen molar-refractivity contribution in [3.05, 3.63) is 22.4 Å². The Labute approximate surface area is 114 Å². The molecule has 0 radical (unpaired) electrons. The molecule has 1 heterocycles. The molecule has 3 heteroatoms. The quantitative estimate of drug-likeness (QED) is 0.863. The van der Waals surface area contributed by atoms with Gasteiger partial charge < -0.3 is 5.32 Å². The minimum atomic E-state index is 0.202. The van der Waals surface area contributed by atoms with E-state index in [0.29, 0.717) is 12.3 Å². The van der Waals surface area contributed by atoms with Gasteiger partial charge >= 0.3 is 0 Å². The average molecular weight is 265 g/mol. The predicted octanol–water partition coefficient (Wildman–Crippen LogP) is 3.72. The SMILES string of the molecule is CC(C)CC(=O)NCC1(c2cccs2)CCCC1. The molecule has 2 nitrogen and oxygen atoms in total. The van der Waals surface area contributed by atoms with Crippen molar-refractivity contribution in [3.8, 4) is 0 Å². The van der Waals surface area contributed by atoms with E-state index in [4.69, 9.17) is 0 Å². The first-order valence-electron chi connectivity index (χ1n) is 6.93. The van der Waals surface area contributed by atoms with Crippen LogP contribution in [0.4, 0.5) is 0 Å². The number of nitrogens with one attached hydrogen (secondary N) is 1. The molecule has 1 aromatic rings. The standard InChI is InChI=1S/C15H23NOS/c1-12(2)10-14(17)16-11-15(7-3-4-8-15)13-6-5-9-18-13/h5-6,9,12H,3-4,7-8,10-11H2,1-2H3,(H,16,17). The van der Waals surface area contributed by atoms with Gasteiger partial charge in [-0.1, -0.05) is 32.8 Å². The lowest BCUT2D eigenvalue weighted by atomic mass is 9.84. The highest BCUT2D eigenvalue weighted by atomic mass is 32.1. The van der Waals surface area contributed by atoms with Crippen LogP contribution >= 0.6 is 11.3 Å². The molecule has 100 valence electrons. The van der Waals surface area contributed by atoms with Gasteiger partial charge in [0.1, 0.15) is 0 Å². The molecule has 2 rings (SSSR count). The largest absolute Gasteiger partial charge is 0.355 e. The molecule has 0 saturated heterocycles. The maximum atomic E-state index is 11.8. The van der Waals surface area contributed by atoms with Crippen LogP contribution in [0.25, 0.3) is 0 Å². The zero-order valence-corrected chi connectivity index (χ0v) is 12.2. The number of amides is 1. The number of carbonyl (C=O) groups excluding carboxylic acids is 1. The van der Waals surface area contributed by atoms with Crippen molar-refractivity contribution >= 4 is 17.2 Å². The van der Waals surface area contributed by atoms with Gasteiger partial charge in [-0.15, -0.1) is 11.3 Å². The monoisotopic (exact) mass is 265 g/mol. The molecule has 0 aromatic carbocycles. The number of hydrogen-bond acceptors (Lipinski definition) is 2. The summed E-state index contributed by atoms with van der Waals surface area (Å²) in [5.74, 6) is 0.638. The molecule has 1 fully saturated rings. The van der Waals surface area contributed by atoms with Crippen molar-refractivity contribution in [2.45, 2.75) is 51.4 Å². The van der Waals surface area contributed by atoms with Gasteiger partial charge in [-0.2, -0.15) is 0 Å². The topological polar surface area (TPSA) is 29.1 Å². The lowest BCUT2D eigenvalue weighted by Crippen LogP contribution is -2.38. The second-order valence-electron chi connectivity index (χ2n) is 5.84. The van der Waals surface area contributed by atoms with E-state index in [0.717, 1.165) is 6.54 Å². The predicted molar refractivity (Wildman–Crippen MR) is 76.9 cm³/mol. The lowest BCUT2D eigenvalue weighted by molar-refractivity contribution is -0.122. The highest BCUT2D eigenvalue weighted by Gasteiger charge is 2.36. The van der Waals surface area contributed by atoms with E-state index in [9.17, 15) is 4.79 Å². The zero-order chi connectivity index (χ0) is 13.0. The Morgan fingerprint density at radius 3 is 2.72 bits per heavy atom. The Morgan fingerprint density at radius 1 is 1.44 bits per heavy atom. The van der Waals surface area contributed by atoms with Crippen molar-refractivity contribution in [2.24, 2.45) is 5.92 Å². The first-order chi connectivity index (χ1) is 8.62. The highest BCUT2D eigenvalue weighted by molar-refractivity contribution is 7.10. The first-order valence-corrected chi connectivity index (χ1v) is 7.81. The number of rotatable bonds is 5. The second kappa shape index (κ2) is 5.87. The van der Waals surface area contributed by atoms with Crippen molar-refractivity contribution in [1.82, 2.24) is 5.32 Å². The summed E-state index contributed by atoms with van der Waals surface area (Å²) in [7, 11) is 0. The van der Waals surface area contributed by atoms with Gasteiger partial charge in [-0.25, -0.2) is 0 Å². The molecule has 18 heavy (non-hydrogen) atoms. The summed E-state index contributed by atoms with van der Waals surface area (Å²) in [6, 6.07) is 4.35. The van der Waals surface area contributed by atoms with Gasteiger partial charge in [0.05, 0.1) is 0 Å².